The standard InChI is InChI=1S/C15H16BrN3O3.ClH/c1-9-7-17-4-5-18(9)13(20)8-19-14(21)11-3-2-10(16)6-12(11)15(19)22;/h2-3,6,9,17H,4-5,7-8H2,1H3;1H/t9-;/m0./s1. The minimum atomic E-state index is -0.405. The van der Waals surface area contributed by atoms with Crippen LogP contribution >= 0.6 is 28.3 Å². The maximum absolute atomic E-state index is 12.4. The van der Waals surface area contributed by atoms with Crippen molar-refractivity contribution in [3.05, 3.63) is 33.8 Å². The lowest BCUT2D eigenvalue weighted by atomic mass is 10.1. The van der Waals surface area contributed by atoms with Gasteiger partial charge >= 0.3 is 0 Å². The van der Waals surface area contributed by atoms with Gasteiger partial charge in [-0.15, -0.1) is 12.4 Å². The molecule has 0 aromatic heterocycles. The van der Waals surface area contributed by atoms with Crippen LogP contribution in [0.5, 0.6) is 0 Å². The van der Waals surface area contributed by atoms with Gasteiger partial charge in [0.15, 0.2) is 0 Å². The largest absolute Gasteiger partial charge is 0.336 e. The smallest absolute Gasteiger partial charge is 0.262 e. The zero-order valence-corrected chi connectivity index (χ0v) is 14.9. The molecule has 1 aromatic rings. The van der Waals surface area contributed by atoms with Gasteiger partial charge in [0, 0.05) is 30.1 Å². The Balaban J connectivity index is 0.00000192. The molecular formula is C15H17BrClN3O3. The summed E-state index contributed by atoms with van der Waals surface area (Å²) in [5, 5.41) is 3.20. The zero-order valence-electron chi connectivity index (χ0n) is 12.5. The van der Waals surface area contributed by atoms with Crippen molar-refractivity contribution in [1.29, 1.82) is 0 Å². The highest BCUT2D eigenvalue weighted by atomic mass is 79.9. The molecule has 1 saturated heterocycles. The van der Waals surface area contributed by atoms with Crippen LogP contribution in [0, 0.1) is 0 Å². The van der Waals surface area contributed by atoms with E-state index in [1.54, 1.807) is 23.1 Å². The second-order valence-electron chi connectivity index (χ2n) is 5.53. The maximum atomic E-state index is 12.4. The molecule has 1 atom stereocenters. The number of nitrogens with one attached hydrogen (secondary N) is 1. The molecule has 8 heteroatoms. The molecule has 0 saturated carbocycles. The Morgan fingerprint density at radius 1 is 1.30 bits per heavy atom. The molecule has 3 amide bonds. The monoisotopic (exact) mass is 401 g/mol. The van der Waals surface area contributed by atoms with Crippen LogP contribution in [0.25, 0.3) is 0 Å². The van der Waals surface area contributed by atoms with Crippen molar-refractivity contribution in [3.8, 4) is 0 Å². The highest BCUT2D eigenvalue weighted by Crippen LogP contribution is 2.26. The average Bonchev–Trinajstić information content (AvgIpc) is 2.72. The molecular weight excluding hydrogens is 386 g/mol. The molecule has 23 heavy (non-hydrogen) atoms. The van der Waals surface area contributed by atoms with Crippen molar-refractivity contribution in [2.45, 2.75) is 13.0 Å². The van der Waals surface area contributed by atoms with E-state index in [0.29, 0.717) is 17.7 Å². The van der Waals surface area contributed by atoms with Crippen molar-refractivity contribution in [3.63, 3.8) is 0 Å². The lowest BCUT2D eigenvalue weighted by Crippen LogP contribution is -2.55. The summed E-state index contributed by atoms with van der Waals surface area (Å²) in [5.74, 6) is -0.997. The Morgan fingerprint density at radius 3 is 2.70 bits per heavy atom. The fourth-order valence-corrected chi connectivity index (χ4v) is 3.21. The van der Waals surface area contributed by atoms with E-state index in [4.69, 9.17) is 0 Å². The molecule has 0 unspecified atom stereocenters. The first kappa shape index (κ1) is 17.9. The van der Waals surface area contributed by atoms with Gasteiger partial charge in [-0.05, 0) is 25.1 Å². The quantitative estimate of drug-likeness (QED) is 0.757. The number of nitrogens with zero attached hydrogens (tertiary/aromatic N) is 2. The molecule has 6 nitrogen and oxygen atoms in total. The third-order valence-corrected chi connectivity index (χ3v) is 4.54. The van der Waals surface area contributed by atoms with Crippen molar-refractivity contribution >= 4 is 46.1 Å². The number of piperazine rings is 1. The molecule has 1 aromatic carbocycles. The summed E-state index contributed by atoms with van der Waals surface area (Å²) >= 11 is 3.29. The van der Waals surface area contributed by atoms with Crippen LogP contribution < -0.4 is 5.32 Å². The molecule has 3 rings (SSSR count). The molecule has 0 spiro atoms. The van der Waals surface area contributed by atoms with Crippen LogP contribution in [0.3, 0.4) is 0 Å². The second-order valence-corrected chi connectivity index (χ2v) is 6.44. The van der Waals surface area contributed by atoms with Gasteiger partial charge in [-0.2, -0.15) is 0 Å². The number of benzene rings is 1. The van der Waals surface area contributed by atoms with Crippen LogP contribution in [0.4, 0.5) is 0 Å². The summed E-state index contributed by atoms with van der Waals surface area (Å²) in [6.07, 6.45) is 0. The highest BCUT2D eigenvalue weighted by molar-refractivity contribution is 9.10. The summed E-state index contributed by atoms with van der Waals surface area (Å²) in [5.41, 5.74) is 0.704. The molecule has 2 aliphatic rings. The normalized spacial score (nSPS) is 20.3. The van der Waals surface area contributed by atoms with Gasteiger partial charge in [0.1, 0.15) is 6.54 Å². The van der Waals surface area contributed by atoms with E-state index in [9.17, 15) is 14.4 Å². The zero-order chi connectivity index (χ0) is 15.9. The fourth-order valence-electron chi connectivity index (χ4n) is 2.84. The Bertz CT molecular complexity index is 667. The number of halogens is 2. The summed E-state index contributed by atoms with van der Waals surface area (Å²) in [7, 11) is 0. The van der Waals surface area contributed by atoms with E-state index in [1.807, 2.05) is 6.92 Å². The topological polar surface area (TPSA) is 69.7 Å². The van der Waals surface area contributed by atoms with Crippen molar-refractivity contribution < 1.29 is 14.4 Å². The van der Waals surface area contributed by atoms with Crippen LogP contribution in [0.15, 0.2) is 22.7 Å². The number of hydrogen-bond donors (Lipinski definition) is 1. The van der Waals surface area contributed by atoms with Gasteiger partial charge in [-0.3, -0.25) is 19.3 Å². The number of carbonyl (C=O) groups is 3. The minimum absolute atomic E-state index is 0. The van der Waals surface area contributed by atoms with Gasteiger partial charge < -0.3 is 10.2 Å². The number of imide groups is 1. The van der Waals surface area contributed by atoms with Gasteiger partial charge in [0.25, 0.3) is 11.8 Å². The molecule has 1 N–H and O–H groups in total. The van der Waals surface area contributed by atoms with E-state index in [2.05, 4.69) is 21.2 Å². The van der Waals surface area contributed by atoms with Crippen molar-refractivity contribution in [2.24, 2.45) is 0 Å². The molecule has 0 aliphatic carbocycles. The number of rotatable bonds is 2. The van der Waals surface area contributed by atoms with Crippen LogP contribution in [-0.4, -0.2) is 59.7 Å². The molecule has 124 valence electrons. The van der Waals surface area contributed by atoms with E-state index < -0.39 is 11.8 Å². The maximum Gasteiger partial charge on any atom is 0.262 e. The molecule has 2 heterocycles. The lowest BCUT2D eigenvalue weighted by molar-refractivity contribution is -0.134. The summed E-state index contributed by atoms with van der Waals surface area (Å²) in [6, 6.07) is 5.00. The first-order chi connectivity index (χ1) is 10.5. The fraction of sp³-hybridized carbons (Fsp3) is 0.400. The first-order valence-electron chi connectivity index (χ1n) is 7.15. The predicted molar refractivity (Wildman–Crippen MR) is 90.8 cm³/mol. The Hall–Kier alpha value is -1.44. The van der Waals surface area contributed by atoms with Crippen molar-refractivity contribution in [1.82, 2.24) is 15.1 Å². The molecule has 1 fully saturated rings. The Morgan fingerprint density at radius 2 is 2.00 bits per heavy atom. The minimum Gasteiger partial charge on any atom is -0.336 e. The van der Waals surface area contributed by atoms with E-state index in [-0.39, 0.29) is 30.9 Å². The molecule has 0 radical (unpaired) electrons. The lowest BCUT2D eigenvalue weighted by Gasteiger charge is -2.34. The summed E-state index contributed by atoms with van der Waals surface area (Å²) < 4.78 is 0.733. The number of amides is 3. The highest BCUT2D eigenvalue weighted by Gasteiger charge is 2.38. The van der Waals surface area contributed by atoms with E-state index >= 15 is 0 Å². The Labute approximate surface area is 148 Å². The van der Waals surface area contributed by atoms with Crippen molar-refractivity contribution in [2.75, 3.05) is 26.2 Å². The summed E-state index contributed by atoms with van der Waals surface area (Å²) in [6.45, 7) is 3.79. The van der Waals surface area contributed by atoms with E-state index in [1.165, 1.54) is 0 Å². The SMILES string of the molecule is C[C@H]1CNCCN1C(=O)CN1C(=O)c2ccc(Br)cc2C1=O.Cl. The predicted octanol–water partition coefficient (Wildman–Crippen LogP) is 1.29. The van der Waals surface area contributed by atoms with Gasteiger partial charge in [-0.1, -0.05) is 15.9 Å². The van der Waals surface area contributed by atoms with Gasteiger partial charge in [0.05, 0.1) is 11.1 Å². The third-order valence-electron chi connectivity index (χ3n) is 4.05. The van der Waals surface area contributed by atoms with Crippen LogP contribution in [0.1, 0.15) is 27.6 Å². The second kappa shape index (κ2) is 6.98. The first-order valence-corrected chi connectivity index (χ1v) is 7.94. The molecule has 2 aliphatic heterocycles. The van der Waals surface area contributed by atoms with Gasteiger partial charge in [0.2, 0.25) is 5.91 Å². The number of hydrogen-bond acceptors (Lipinski definition) is 4. The average molecular weight is 403 g/mol. The third kappa shape index (κ3) is 3.27. The van der Waals surface area contributed by atoms with Crippen LogP contribution in [0.2, 0.25) is 0 Å². The van der Waals surface area contributed by atoms with Crippen LogP contribution in [-0.2, 0) is 4.79 Å². The van der Waals surface area contributed by atoms with Gasteiger partial charge in [-0.25, -0.2) is 0 Å². The Kier molecular flexibility index (Phi) is 5.44. The molecule has 0 bridgehead atoms. The summed E-state index contributed by atoms with van der Waals surface area (Å²) in [4.78, 5) is 39.9. The van der Waals surface area contributed by atoms with E-state index in [0.717, 1.165) is 22.5 Å². The number of carbonyl (C=O) groups excluding carboxylic acids is 3. The number of fused-ring (bicyclic) bond motifs is 1.